The summed E-state index contributed by atoms with van der Waals surface area (Å²) in [5, 5.41) is 11.7. The third kappa shape index (κ3) is 3.27. The molecule has 0 bridgehead atoms. The quantitative estimate of drug-likeness (QED) is 0.840. The van der Waals surface area contributed by atoms with Crippen LogP contribution in [0.5, 0.6) is 5.75 Å². The smallest absolute Gasteiger partial charge is 0.212 e. The predicted molar refractivity (Wildman–Crippen MR) is 66.9 cm³/mol. The number of nitrogens with zero attached hydrogens (tertiary/aromatic N) is 4. The van der Waals surface area contributed by atoms with Crippen molar-refractivity contribution < 1.29 is 4.74 Å². The number of hydrogen-bond donors (Lipinski definition) is 1. The monoisotopic (exact) mass is 247 g/mol. The summed E-state index contributed by atoms with van der Waals surface area (Å²) < 4.78 is 5.70. The number of nitrogens with two attached hydrogens (primary N) is 1. The van der Waals surface area contributed by atoms with Crippen molar-refractivity contribution in [3.05, 3.63) is 35.7 Å². The van der Waals surface area contributed by atoms with Gasteiger partial charge in [0.1, 0.15) is 5.75 Å². The minimum atomic E-state index is 0.101. The molecule has 1 heterocycles. The fourth-order valence-electron chi connectivity index (χ4n) is 1.68. The second-order valence-electron chi connectivity index (χ2n) is 4.27. The van der Waals surface area contributed by atoms with Gasteiger partial charge in [0.25, 0.3) is 0 Å². The molecule has 0 spiro atoms. The molecule has 96 valence electrons. The number of aromatic nitrogens is 4. The van der Waals surface area contributed by atoms with Gasteiger partial charge in [0.05, 0.1) is 7.05 Å². The van der Waals surface area contributed by atoms with E-state index in [1.54, 1.807) is 7.05 Å². The number of ether oxygens (including phenoxy) is 1. The minimum absolute atomic E-state index is 0.101. The van der Waals surface area contributed by atoms with Gasteiger partial charge in [0.15, 0.2) is 6.61 Å². The van der Waals surface area contributed by atoms with Gasteiger partial charge in [-0.15, -0.1) is 10.2 Å². The second kappa shape index (κ2) is 5.59. The molecule has 1 unspecified atom stereocenters. The van der Waals surface area contributed by atoms with Crippen LogP contribution in [0.25, 0.3) is 0 Å². The molecule has 0 saturated heterocycles. The van der Waals surface area contributed by atoms with E-state index in [2.05, 4.69) is 15.4 Å². The molecular weight excluding hydrogens is 230 g/mol. The van der Waals surface area contributed by atoms with Crippen molar-refractivity contribution >= 4 is 0 Å². The third-order valence-electron chi connectivity index (χ3n) is 2.42. The van der Waals surface area contributed by atoms with Gasteiger partial charge in [-0.05, 0) is 30.2 Å². The highest BCUT2D eigenvalue weighted by molar-refractivity contribution is 5.33. The Bertz CT molecular complexity index is 509. The van der Waals surface area contributed by atoms with Crippen molar-refractivity contribution in [3.63, 3.8) is 0 Å². The summed E-state index contributed by atoms with van der Waals surface area (Å²) in [6.07, 6.45) is 0.782. The van der Waals surface area contributed by atoms with E-state index in [-0.39, 0.29) is 6.04 Å². The van der Waals surface area contributed by atoms with Crippen LogP contribution < -0.4 is 10.5 Å². The van der Waals surface area contributed by atoms with Gasteiger partial charge in [0, 0.05) is 6.04 Å². The van der Waals surface area contributed by atoms with Crippen LogP contribution in [0.1, 0.15) is 18.3 Å². The van der Waals surface area contributed by atoms with Crippen LogP contribution in [0.15, 0.2) is 24.3 Å². The van der Waals surface area contributed by atoms with Gasteiger partial charge in [-0.2, -0.15) is 4.80 Å². The van der Waals surface area contributed by atoms with E-state index in [9.17, 15) is 0 Å². The van der Waals surface area contributed by atoms with Crippen LogP contribution in [-0.4, -0.2) is 26.2 Å². The number of tetrazole rings is 1. The van der Waals surface area contributed by atoms with Gasteiger partial charge >= 0.3 is 0 Å². The molecule has 2 rings (SSSR count). The van der Waals surface area contributed by atoms with Gasteiger partial charge < -0.3 is 10.5 Å². The minimum Gasteiger partial charge on any atom is -0.485 e. The first-order valence-corrected chi connectivity index (χ1v) is 5.84. The van der Waals surface area contributed by atoms with Crippen molar-refractivity contribution in [2.45, 2.75) is 26.0 Å². The summed E-state index contributed by atoms with van der Waals surface area (Å²) in [7, 11) is 1.72. The molecule has 0 aliphatic rings. The summed E-state index contributed by atoms with van der Waals surface area (Å²) in [6.45, 7) is 2.28. The summed E-state index contributed by atoms with van der Waals surface area (Å²) >= 11 is 0. The van der Waals surface area contributed by atoms with Crippen LogP contribution in [0.2, 0.25) is 0 Å². The molecule has 6 heteroatoms. The Morgan fingerprint density at radius 2 is 2.17 bits per heavy atom. The molecule has 0 radical (unpaired) electrons. The van der Waals surface area contributed by atoms with E-state index in [0.29, 0.717) is 12.4 Å². The molecule has 0 fully saturated rings. The van der Waals surface area contributed by atoms with Gasteiger partial charge in [-0.3, -0.25) is 0 Å². The van der Waals surface area contributed by atoms with Gasteiger partial charge in [0.2, 0.25) is 5.82 Å². The number of aryl methyl sites for hydroxylation is 1. The molecule has 18 heavy (non-hydrogen) atoms. The maximum absolute atomic E-state index is 5.81. The van der Waals surface area contributed by atoms with E-state index in [1.165, 1.54) is 4.80 Å². The topological polar surface area (TPSA) is 78.9 Å². The zero-order valence-corrected chi connectivity index (χ0v) is 10.6. The average molecular weight is 247 g/mol. The molecule has 6 nitrogen and oxygen atoms in total. The zero-order valence-electron chi connectivity index (χ0n) is 10.6. The summed E-state index contributed by atoms with van der Waals surface area (Å²) in [5.41, 5.74) is 6.90. The standard InChI is InChI=1S/C12H17N5O/c1-9(13)7-10-5-3-4-6-11(10)18-8-12-14-16-17(2)15-12/h3-6,9H,7-8,13H2,1-2H3. The van der Waals surface area contributed by atoms with E-state index >= 15 is 0 Å². The van der Waals surface area contributed by atoms with Crippen LogP contribution in [0.4, 0.5) is 0 Å². The zero-order chi connectivity index (χ0) is 13.0. The van der Waals surface area contributed by atoms with Crippen LogP contribution in [0.3, 0.4) is 0 Å². The molecular formula is C12H17N5O. The number of hydrogen-bond acceptors (Lipinski definition) is 5. The molecule has 2 aromatic rings. The van der Waals surface area contributed by atoms with Crippen molar-refractivity contribution in [2.75, 3.05) is 0 Å². The highest BCUT2D eigenvalue weighted by Crippen LogP contribution is 2.19. The van der Waals surface area contributed by atoms with Gasteiger partial charge in [-0.1, -0.05) is 18.2 Å². The second-order valence-corrected chi connectivity index (χ2v) is 4.27. The van der Waals surface area contributed by atoms with Crippen molar-refractivity contribution in [1.82, 2.24) is 20.2 Å². The average Bonchev–Trinajstić information content (AvgIpc) is 2.73. The largest absolute Gasteiger partial charge is 0.485 e. The Labute approximate surface area is 106 Å². The maximum atomic E-state index is 5.81. The van der Waals surface area contributed by atoms with Crippen LogP contribution in [-0.2, 0) is 20.1 Å². The fourth-order valence-corrected chi connectivity index (χ4v) is 1.68. The first kappa shape index (κ1) is 12.5. The third-order valence-corrected chi connectivity index (χ3v) is 2.42. The van der Waals surface area contributed by atoms with E-state index in [0.717, 1.165) is 17.7 Å². The Kier molecular flexibility index (Phi) is 3.88. The summed E-state index contributed by atoms with van der Waals surface area (Å²) in [4.78, 5) is 1.41. The molecule has 0 aliphatic carbocycles. The van der Waals surface area contributed by atoms with E-state index < -0.39 is 0 Å². The molecule has 2 N–H and O–H groups in total. The molecule has 0 aliphatic heterocycles. The number of rotatable bonds is 5. The number of para-hydroxylation sites is 1. The van der Waals surface area contributed by atoms with E-state index in [1.807, 2.05) is 31.2 Å². The molecule has 0 amide bonds. The van der Waals surface area contributed by atoms with Crippen LogP contribution in [0, 0.1) is 0 Å². The predicted octanol–water partition coefficient (Wildman–Crippen LogP) is 0.679. The molecule has 1 aromatic carbocycles. The van der Waals surface area contributed by atoms with E-state index in [4.69, 9.17) is 10.5 Å². The Morgan fingerprint density at radius 3 is 2.83 bits per heavy atom. The number of benzene rings is 1. The lowest BCUT2D eigenvalue weighted by molar-refractivity contribution is 0.291. The lowest BCUT2D eigenvalue weighted by Gasteiger charge is -2.11. The lowest BCUT2D eigenvalue weighted by atomic mass is 10.1. The first-order valence-electron chi connectivity index (χ1n) is 5.84. The highest BCUT2D eigenvalue weighted by Gasteiger charge is 2.07. The normalized spacial score (nSPS) is 12.4. The lowest BCUT2D eigenvalue weighted by Crippen LogP contribution is -2.18. The van der Waals surface area contributed by atoms with Crippen molar-refractivity contribution in [2.24, 2.45) is 12.8 Å². The fraction of sp³-hybridized carbons (Fsp3) is 0.417. The Morgan fingerprint density at radius 1 is 1.39 bits per heavy atom. The van der Waals surface area contributed by atoms with Gasteiger partial charge in [-0.25, -0.2) is 0 Å². The van der Waals surface area contributed by atoms with Crippen molar-refractivity contribution in [3.8, 4) is 5.75 Å². The molecule has 1 atom stereocenters. The Hall–Kier alpha value is -1.95. The Balaban J connectivity index is 2.04. The maximum Gasteiger partial charge on any atom is 0.212 e. The SMILES string of the molecule is CC(N)Cc1ccccc1OCc1nnn(C)n1. The molecule has 1 aromatic heterocycles. The summed E-state index contributed by atoms with van der Waals surface area (Å²) in [6, 6.07) is 7.95. The molecule has 0 saturated carbocycles. The summed E-state index contributed by atoms with van der Waals surface area (Å²) in [5.74, 6) is 1.38. The first-order chi connectivity index (χ1) is 8.65. The van der Waals surface area contributed by atoms with Crippen molar-refractivity contribution in [1.29, 1.82) is 0 Å². The highest BCUT2D eigenvalue weighted by atomic mass is 16.5. The van der Waals surface area contributed by atoms with Crippen LogP contribution >= 0.6 is 0 Å².